The lowest BCUT2D eigenvalue weighted by atomic mass is 9.80. The van der Waals surface area contributed by atoms with Crippen LogP contribution in [0.2, 0.25) is 27.3 Å². The van der Waals surface area contributed by atoms with E-state index >= 15 is 0 Å². The minimum Gasteiger partial charge on any atom is -0.462 e. The number of ether oxygens (including phenoxy) is 5. The molecule has 0 fully saturated rings. The van der Waals surface area contributed by atoms with Crippen LogP contribution in [0.1, 0.15) is 195 Å². The second-order valence-electron chi connectivity index (χ2n) is 21.8. The van der Waals surface area contributed by atoms with E-state index in [1.165, 1.54) is 38.5 Å². The molecule has 0 aliphatic rings. The summed E-state index contributed by atoms with van der Waals surface area (Å²) in [6.07, 6.45) is 18.5. The number of amides is 2. The van der Waals surface area contributed by atoms with Gasteiger partial charge in [0.2, 0.25) is 12.0 Å². The van der Waals surface area contributed by atoms with Crippen molar-refractivity contribution in [3.05, 3.63) is 0 Å². The standard InChI is InChI=1S/C55H108B4N6O16/c1-44(66)77-43-50(78-45(2)67)52(79-46(3)68)53(80-47(4)69)54(81-48(5)70)55(72)61-36-28-23-20-18-16-14-12-10-11-13-15-17-19-21-26-34-51(71)60-35-27-24-22-25-33-49(41-64(58(8)75)39-31-29-37-62-56(6)73)42-65(59(9)76)40-32-30-38-63-57(7)74/h49-50,52-54,62-63,73-76H,10-43H2,1-9H3,(H,60,71)(H,61,72)/t50-,52-,53+,54-/m1/s1. The van der Waals surface area contributed by atoms with Crippen LogP contribution in [-0.2, 0) is 57.2 Å². The number of carbonyl (C=O) groups excluding carboxylic acids is 7. The molecule has 22 nitrogen and oxygen atoms in total. The van der Waals surface area contributed by atoms with Gasteiger partial charge in [-0.15, -0.1) is 0 Å². The van der Waals surface area contributed by atoms with Gasteiger partial charge in [-0.2, -0.15) is 0 Å². The van der Waals surface area contributed by atoms with E-state index < -0.39 is 95.0 Å². The van der Waals surface area contributed by atoms with Crippen molar-refractivity contribution < 1.29 is 77.3 Å². The molecule has 0 rings (SSSR count). The Balaban J connectivity index is 4.48. The third-order valence-electron chi connectivity index (χ3n) is 13.8. The monoisotopic (exact) mass is 1150 g/mol. The van der Waals surface area contributed by atoms with Gasteiger partial charge in [0.1, 0.15) is 6.61 Å². The Bertz CT molecular complexity index is 1660. The quantitative estimate of drug-likeness (QED) is 0.0170. The highest BCUT2D eigenvalue weighted by Gasteiger charge is 2.47. The van der Waals surface area contributed by atoms with Gasteiger partial charge in [0, 0.05) is 54.1 Å². The summed E-state index contributed by atoms with van der Waals surface area (Å²) >= 11 is 0. The highest BCUT2D eigenvalue weighted by molar-refractivity contribution is 6.46. The summed E-state index contributed by atoms with van der Waals surface area (Å²) in [7, 11) is -2.27. The molecule has 466 valence electrons. The molecule has 4 atom stereocenters. The van der Waals surface area contributed by atoms with E-state index in [9.17, 15) is 53.7 Å². The van der Waals surface area contributed by atoms with Crippen LogP contribution in [0.25, 0.3) is 0 Å². The summed E-state index contributed by atoms with van der Waals surface area (Å²) in [4.78, 5) is 90.2. The third kappa shape index (κ3) is 45.4. The zero-order valence-corrected chi connectivity index (χ0v) is 51.3. The molecule has 0 saturated carbocycles. The third-order valence-corrected chi connectivity index (χ3v) is 13.8. The lowest BCUT2D eigenvalue weighted by Gasteiger charge is -2.34. The number of unbranched alkanes of at least 4 members (excludes halogenated alkanes) is 19. The summed E-state index contributed by atoms with van der Waals surface area (Å²) in [6, 6.07) is 0. The molecule has 8 N–H and O–H groups in total. The lowest BCUT2D eigenvalue weighted by molar-refractivity contribution is -0.203. The Morgan fingerprint density at radius 3 is 1.22 bits per heavy atom. The van der Waals surface area contributed by atoms with Gasteiger partial charge in [-0.25, -0.2) is 0 Å². The average Bonchev–Trinajstić information content (AvgIpc) is 3.38. The van der Waals surface area contributed by atoms with Crippen LogP contribution in [-0.4, -0.2) is 183 Å². The molecule has 0 radical (unpaired) electrons. The van der Waals surface area contributed by atoms with E-state index in [-0.39, 0.29) is 18.4 Å². The molecule has 0 aliphatic carbocycles. The molecule has 26 heteroatoms. The van der Waals surface area contributed by atoms with Crippen molar-refractivity contribution in [2.45, 2.75) is 247 Å². The SMILES string of the molecule is CB(O)NCCCCN(CC(CCCCCCNC(=O)CCCCCCCCCCCCCCCCCNC(=O)[C@H](OC(C)=O)[C@@H](OC(C)=O)[C@H](OC(C)=O)[C@@H](COC(C)=O)OC(C)=O)CN(CCCCNB(C)O)B(C)O)B(C)O. The predicted molar refractivity (Wildman–Crippen MR) is 318 cm³/mol. The Kier molecular flexibility index (Phi) is 47.3. The maximum absolute atomic E-state index is 13.4. The molecule has 0 aromatic carbocycles. The number of hydrogen-bond donors (Lipinski definition) is 8. The fourth-order valence-corrected chi connectivity index (χ4v) is 9.61. The van der Waals surface area contributed by atoms with Crippen molar-refractivity contribution >= 4 is 69.9 Å². The van der Waals surface area contributed by atoms with Crippen molar-refractivity contribution in [3.8, 4) is 0 Å². The number of nitrogens with zero attached hydrogens (tertiary/aromatic N) is 2. The molecule has 0 aromatic rings. The highest BCUT2D eigenvalue weighted by atomic mass is 16.6. The summed E-state index contributed by atoms with van der Waals surface area (Å²) in [5.41, 5.74) is 0. The van der Waals surface area contributed by atoms with E-state index in [2.05, 4.69) is 30.7 Å². The molecule has 0 spiro atoms. The molecule has 0 saturated heterocycles. The first kappa shape index (κ1) is 77.2. The average molecular weight is 1150 g/mol. The number of rotatable bonds is 53. The van der Waals surface area contributed by atoms with Crippen molar-refractivity contribution in [2.75, 3.05) is 59.0 Å². The van der Waals surface area contributed by atoms with Crippen LogP contribution in [0.5, 0.6) is 0 Å². The molecular formula is C55H108B4N6O16. The lowest BCUT2D eigenvalue weighted by Crippen LogP contribution is -2.57. The Hall–Kier alpha value is -3.77. The maximum Gasteiger partial charge on any atom is 0.376 e. The number of hydrogen-bond acceptors (Lipinski definition) is 20. The summed E-state index contributed by atoms with van der Waals surface area (Å²) in [6.45, 7) is 17.0. The fraction of sp³-hybridized carbons (Fsp3) is 0.873. The smallest absolute Gasteiger partial charge is 0.376 e. The van der Waals surface area contributed by atoms with Gasteiger partial charge < -0.3 is 74.5 Å². The van der Waals surface area contributed by atoms with Crippen LogP contribution < -0.4 is 21.1 Å². The largest absolute Gasteiger partial charge is 0.462 e. The zero-order valence-electron chi connectivity index (χ0n) is 51.3. The second-order valence-corrected chi connectivity index (χ2v) is 21.8. The van der Waals surface area contributed by atoms with Crippen LogP contribution >= 0.6 is 0 Å². The summed E-state index contributed by atoms with van der Waals surface area (Å²) in [5, 5.41) is 52.3. The predicted octanol–water partition coefficient (Wildman–Crippen LogP) is 5.10. The minimum absolute atomic E-state index is 0.126. The van der Waals surface area contributed by atoms with Gasteiger partial charge >= 0.3 is 58.0 Å². The Morgan fingerprint density at radius 1 is 0.432 bits per heavy atom. The molecule has 2 amide bonds. The van der Waals surface area contributed by atoms with E-state index in [1.807, 2.05) is 13.6 Å². The second kappa shape index (κ2) is 49.6. The van der Waals surface area contributed by atoms with Crippen LogP contribution in [0.3, 0.4) is 0 Å². The topological polar surface area (TPSA) is 301 Å². The van der Waals surface area contributed by atoms with Crippen molar-refractivity contribution in [1.29, 1.82) is 0 Å². The molecule has 0 unspecified atom stereocenters. The van der Waals surface area contributed by atoms with Gasteiger partial charge in [-0.3, -0.25) is 33.6 Å². The van der Waals surface area contributed by atoms with Crippen molar-refractivity contribution in [1.82, 2.24) is 30.7 Å². The molecule has 0 bridgehead atoms. The van der Waals surface area contributed by atoms with Crippen LogP contribution in [0, 0.1) is 5.92 Å². The van der Waals surface area contributed by atoms with Gasteiger partial charge in [0.15, 0.2) is 18.3 Å². The number of nitrogens with one attached hydrogen (secondary N) is 4. The van der Waals surface area contributed by atoms with Crippen LogP contribution in [0.15, 0.2) is 0 Å². The van der Waals surface area contributed by atoms with E-state index in [0.717, 1.165) is 170 Å². The highest BCUT2D eigenvalue weighted by Crippen LogP contribution is 2.22. The molecule has 81 heavy (non-hydrogen) atoms. The first-order valence-corrected chi connectivity index (χ1v) is 30.6. The van der Waals surface area contributed by atoms with Gasteiger partial charge in [0.25, 0.3) is 5.91 Å². The van der Waals surface area contributed by atoms with E-state index in [4.69, 9.17) is 23.7 Å². The maximum atomic E-state index is 13.4. The number of esters is 5. The van der Waals surface area contributed by atoms with Crippen LogP contribution in [0.4, 0.5) is 0 Å². The molecule has 0 aromatic heterocycles. The van der Waals surface area contributed by atoms with E-state index in [1.54, 1.807) is 13.6 Å². The van der Waals surface area contributed by atoms with Crippen molar-refractivity contribution in [3.63, 3.8) is 0 Å². The zero-order chi connectivity index (χ0) is 60.8. The Morgan fingerprint density at radius 2 is 0.815 bits per heavy atom. The summed E-state index contributed by atoms with van der Waals surface area (Å²) < 4.78 is 26.2. The Labute approximate surface area is 488 Å². The first-order chi connectivity index (χ1) is 38.5. The first-order valence-electron chi connectivity index (χ1n) is 30.6. The molecule has 0 heterocycles. The van der Waals surface area contributed by atoms with Gasteiger partial charge in [-0.05, 0) is 124 Å². The van der Waals surface area contributed by atoms with Gasteiger partial charge in [-0.1, -0.05) is 103 Å². The molecular weight excluding hydrogens is 1040 g/mol. The molecule has 0 aliphatic heterocycles. The van der Waals surface area contributed by atoms with Crippen molar-refractivity contribution in [2.24, 2.45) is 5.92 Å². The van der Waals surface area contributed by atoms with E-state index in [0.29, 0.717) is 32.5 Å². The summed E-state index contributed by atoms with van der Waals surface area (Å²) in [5.74, 6) is -4.72. The van der Waals surface area contributed by atoms with Gasteiger partial charge in [0.05, 0.1) is 0 Å². The number of carbonyl (C=O) groups is 7. The normalized spacial score (nSPS) is 12.8. The fourth-order valence-electron chi connectivity index (χ4n) is 9.61. The minimum atomic E-state index is -1.80.